The van der Waals surface area contributed by atoms with Gasteiger partial charge in [-0.05, 0) is 18.3 Å². The largest absolute Gasteiger partial charge is 0.325 e. The van der Waals surface area contributed by atoms with Gasteiger partial charge in [0.2, 0.25) is 0 Å². The molecule has 1 saturated carbocycles. The lowest BCUT2D eigenvalue weighted by molar-refractivity contribution is -0.00451. The molecule has 2 unspecified atom stereocenters. The molecule has 1 aliphatic rings. The van der Waals surface area contributed by atoms with Crippen molar-refractivity contribution in [3.05, 3.63) is 0 Å². The molecule has 0 radical (unpaired) electrons. The lowest BCUT2D eigenvalue weighted by Gasteiger charge is -2.12. The highest BCUT2D eigenvalue weighted by Gasteiger charge is 2.41. The standard InChI is InChI=1S/C7H13F2N/c1-5-2-6(5)3-7(8,9)4-10/h5-6H,2-4,10H2,1H3. The fraction of sp³-hybridized carbons (Fsp3) is 1.00. The second kappa shape index (κ2) is 2.46. The molecule has 3 heteroatoms. The maximum absolute atomic E-state index is 12.5. The Morgan fingerprint density at radius 2 is 2.10 bits per heavy atom. The van der Waals surface area contributed by atoms with Gasteiger partial charge in [-0.1, -0.05) is 6.92 Å². The molecule has 2 N–H and O–H groups in total. The van der Waals surface area contributed by atoms with Crippen LogP contribution >= 0.6 is 0 Å². The number of rotatable bonds is 3. The third kappa shape index (κ3) is 1.90. The minimum absolute atomic E-state index is 0.00926. The smallest absolute Gasteiger partial charge is 0.260 e. The van der Waals surface area contributed by atoms with Gasteiger partial charge in [-0.25, -0.2) is 8.78 Å². The molecule has 0 aromatic rings. The summed E-state index contributed by atoms with van der Waals surface area (Å²) >= 11 is 0. The van der Waals surface area contributed by atoms with Gasteiger partial charge in [0, 0.05) is 6.42 Å². The minimum atomic E-state index is -2.62. The Morgan fingerprint density at radius 1 is 1.60 bits per heavy atom. The Balaban J connectivity index is 2.24. The number of hydrogen-bond donors (Lipinski definition) is 1. The van der Waals surface area contributed by atoms with Crippen LogP contribution in [0.15, 0.2) is 0 Å². The highest BCUT2D eigenvalue weighted by atomic mass is 19.3. The van der Waals surface area contributed by atoms with Crippen LogP contribution in [0, 0.1) is 11.8 Å². The van der Waals surface area contributed by atoms with Gasteiger partial charge >= 0.3 is 0 Å². The van der Waals surface area contributed by atoms with Crippen LogP contribution in [0.25, 0.3) is 0 Å². The van der Waals surface area contributed by atoms with Gasteiger partial charge in [0.15, 0.2) is 0 Å². The van der Waals surface area contributed by atoms with Crippen molar-refractivity contribution in [2.24, 2.45) is 17.6 Å². The van der Waals surface area contributed by atoms with E-state index in [1.54, 1.807) is 0 Å². The number of nitrogens with two attached hydrogens (primary N) is 1. The highest BCUT2D eigenvalue weighted by Crippen LogP contribution is 2.44. The topological polar surface area (TPSA) is 26.0 Å². The maximum Gasteiger partial charge on any atom is 0.260 e. The summed E-state index contributed by atoms with van der Waals surface area (Å²) in [7, 11) is 0. The van der Waals surface area contributed by atoms with E-state index in [1.165, 1.54) is 0 Å². The molecule has 0 aromatic heterocycles. The summed E-state index contributed by atoms with van der Waals surface area (Å²) in [6, 6.07) is 0. The Labute approximate surface area is 59.6 Å². The molecule has 1 aliphatic carbocycles. The van der Waals surface area contributed by atoms with Crippen molar-refractivity contribution in [3.63, 3.8) is 0 Å². The van der Waals surface area contributed by atoms with E-state index in [1.807, 2.05) is 6.92 Å². The summed E-state index contributed by atoms with van der Waals surface area (Å²) in [5, 5.41) is 0. The van der Waals surface area contributed by atoms with Crippen LogP contribution < -0.4 is 5.73 Å². The summed E-state index contributed by atoms with van der Waals surface area (Å²) in [5.74, 6) is -1.88. The van der Waals surface area contributed by atoms with Crippen LogP contribution in [-0.2, 0) is 0 Å². The fourth-order valence-electron chi connectivity index (χ4n) is 1.15. The number of hydrogen-bond acceptors (Lipinski definition) is 1. The van der Waals surface area contributed by atoms with Crippen molar-refractivity contribution >= 4 is 0 Å². The van der Waals surface area contributed by atoms with Crippen LogP contribution in [0.1, 0.15) is 19.8 Å². The van der Waals surface area contributed by atoms with Gasteiger partial charge in [0.1, 0.15) is 0 Å². The van der Waals surface area contributed by atoms with Crippen molar-refractivity contribution in [2.75, 3.05) is 6.54 Å². The van der Waals surface area contributed by atoms with Crippen LogP contribution in [0.4, 0.5) is 8.78 Å². The van der Waals surface area contributed by atoms with Gasteiger partial charge in [0.25, 0.3) is 5.92 Å². The Kier molecular flexibility index (Phi) is 1.95. The first-order valence-electron chi connectivity index (χ1n) is 3.63. The molecule has 0 spiro atoms. The Hall–Kier alpha value is -0.180. The molecule has 1 nitrogen and oxygen atoms in total. The lowest BCUT2D eigenvalue weighted by Crippen LogP contribution is -2.28. The molecule has 0 amide bonds. The molecule has 0 saturated heterocycles. The van der Waals surface area contributed by atoms with E-state index in [9.17, 15) is 8.78 Å². The van der Waals surface area contributed by atoms with Gasteiger partial charge in [-0.3, -0.25) is 0 Å². The molecule has 2 atom stereocenters. The first kappa shape index (κ1) is 7.92. The molecule has 60 valence electrons. The molecule has 1 rings (SSSR count). The average molecular weight is 149 g/mol. The number of halogens is 2. The zero-order valence-corrected chi connectivity index (χ0v) is 6.11. The van der Waals surface area contributed by atoms with Crippen molar-refractivity contribution in [1.82, 2.24) is 0 Å². The van der Waals surface area contributed by atoms with Gasteiger partial charge in [-0.2, -0.15) is 0 Å². The summed E-state index contributed by atoms with van der Waals surface area (Å²) in [6.45, 7) is 1.49. The van der Waals surface area contributed by atoms with E-state index < -0.39 is 12.5 Å². The summed E-state index contributed by atoms with van der Waals surface area (Å²) in [5.41, 5.74) is 4.88. The Bertz CT molecular complexity index is 125. The zero-order valence-electron chi connectivity index (χ0n) is 6.11. The predicted molar refractivity (Wildman–Crippen MR) is 35.9 cm³/mol. The van der Waals surface area contributed by atoms with Crippen molar-refractivity contribution in [2.45, 2.75) is 25.7 Å². The monoisotopic (exact) mass is 149 g/mol. The van der Waals surface area contributed by atoms with E-state index in [2.05, 4.69) is 0 Å². The van der Waals surface area contributed by atoms with E-state index in [0.717, 1.165) is 6.42 Å². The molecular formula is C7H13F2N. The second-order valence-electron chi connectivity index (χ2n) is 3.24. The van der Waals surface area contributed by atoms with E-state index >= 15 is 0 Å². The van der Waals surface area contributed by atoms with E-state index in [0.29, 0.717) is 5.92 Å². The lowest BCUT2D eigenvalue weighted by atomic mass is 10.1. The van der Waals surface area contributed by atoms with Crippen LogP contribution in [0.2, 0.25) is 0 Å². The Morgan fingerprint density at radius 3 is 2.40 bits per heavy atom. The molecule has 10 heavy (non-hydrogen) atoms. The number of alkyl halides is 2. The summed E-state index contributed by atoms with van der Waals surface area (Å²) < 4.78 is 25.0. The SMILES string of the molecule is CC1CC1CC(F)(F)CN. The molecule has 0 bridgehead atoms. The van der Waals surface area contributed by atoms with Crippen LogP contribution in [-0.4, -0.2) is 12.5 Å². The molecule has 0 heterocycles. The third-order valence-electron chi connectivity index (χ3n) is 2.14. The van der Waals surface area contributed by atoms with Crippen LogP contribution in [0.5, 0.6) is 0 Å². The summed E-state index contributed by atoms with van der Waals surface area (Å²) in [6.07, 6.45) is 0.945. The third-order valence-corrected chi connectivity index (χ3v) is 2.14. The normalized spacial score (nSPS) is 32.4. The van der Waals surface area contributed by atoms with Gasteiger partial charge in [0.05, 0.1) is 6.54 Å². The zero-order chi connectivity index (χ0) is 7.78. The van der Waals surface area contributed by atoms with E-state index in [-0.39, 0.29) is 12.3 Å². The average Bonchev–Trinajstić information content (AvgIpc) is 2.46. The predicted octanol–water partition coefficient (Wildman–Crippen LogP) is 1.63. The van der Waals surface area contributed by atoms with Crippen molar-refractivity contribution in [3.8, 4) is 0 Å². The van der Waals surface area contributed by atoms with Gasteiger partial charge in [-0.15, -0.1) is 0 Å². The first-order valence-corrected chi connectivity index (χ1v) is 3.63. The summed E-state index contributed by atoms with van der Waals surface area (Å²) in [4.78, 5) is 0. The van der Waals surface area contributed by atoms with Crippen molar-refractivity contribution in [1.29, 1.82) is 0 Å². The first-order chi connectivity index (χ1) is 4.55. The quantitative estimate of drug-likeness (QED) is 0.648. The molecular weight excluding hydrogens is 136 g/mol. The van der Waals surface area contributed by atoms with E-state index in [4.69, 9.17) is 5.73 Å². The molecule has 0 aromatic carbocycles. The highest BCUT2D eigenvalue weighted by molar-refractivity contribution is 4.87. The maximum atomic E-state index is 12.5. The second-order valence-corrected chi connectivity index (χ2v) is 3.24. The van der Waals surface area contributed by atoms with Crippen LogP contribution in [0.3, 0.4) is 0 Å². The minimum Gasteiger partial charge on any atom is -0.325 e. The molecule has 1 fully saturated rings. The van der Waals surface area contributed by atoms with Crippen molar-refractivity contribution < 1.29 is 8.78 Å². The molecule has 0 aliphatic heterocycles. The fourth-order valence-corrected chi connectivity index (χ4v) is 1.15. The van der Waals surface area contributed by atoms with Gasteiger partial charge < -0.3 is 5.73 Å².